The average molecular weight is 808 g/mol. The van der Waals surface area contributed by atoms with E-state index < -0.39 is 41.3 Å². The van der Waals surface area contributed by atoms with Gasteiger partial charge in [0.15, 0.2) is 5.75 Å². The molecular weight excluding hydrogens is 767 g/mol. The number of thiazole rings is 1. The fourth-order valence-electron chi connectivity index (χ4n) is 6.78. The van der Waals surface area contributed by atoms with Crippen molar-refractivity contribution in [3.8, 4) is 16.7 Å². The van der Waals surface area contributed by atoms with E-state index in [1.807, 2.05) is 19.1 Å². The van der Waals surface area contributed by atoms with Crippen LogP contribution in [0.15, 0.2) is 42.1 Å². The summed E-state index contributed by atoms with van der Waals surface area (Å²) in [6.45, 7) is 7.49. The highest BCUT2D eigenvalue weighted by molar-refractivity contribution is 7.14. The lowest BCUT2D eigenvalue weighted by molar-refractivity contribution is -0.119. The molecule has 2 aliphatic heterocycles. The van der Waals surface area contributed by atoms with Crippen molar-refractivity contribution >= 4 is 69.8 Å². The molecule has 284 valence electrons. The first kappa shape index (κ1) is 38.8. The maximum Gasteiger partial charge on any atom is 0.410 e. The van der Waals surface area contributed by atoms with Crippen LogP contribution < -0.4 is 19.5 Å². The van der Waals surface area contributed by atoms with Crippen molar-refractivity contribution in [1.82, 2.24) is 20.1 Å². The van der Waals surface area contributed by atoms with Crippen LogP contribution in [0.4, 0.5) is 9.59 Å². The molecule has 1 aliphatic carbocycles. The Hall–Kier alpha value is -3.91. The van der Waals surface area contributed by atoms with Gasteiger partial charge in [0.2, 0.25) is 5.91 Å². The monoisotopic (exact) mass is 806 g/mol. The number of piperazine rings is 1. The van der Waals surface area contributed by atoms with Gasteiger partial charge in [-0.25, -0.2) is 14.6 Å². The third kappa shape index (κ3) is 8.74. The number of halogens is 3. The minimum absolute atomic E-state index is 0.0672. The van der Waals surface area contributed by atoms with Crippen LogP contribution in [-0.2, 0) is 16.0 Å². The molecule has 16 heteroatoms. The van der Waals surface area contributed by atoms with Crippen molar-refractivity contribution < 1.29 is 38.4 Å². The molecule has 3 amide bonds. The molecule has 2 fully saturated rings. The van der Waals surface area contributed by atoms with E-state index >= 15 is 0 Å². The van der Waals surface area contributed by atoms with E-state index in [2.05, 4.69) is 10.3 Å². The van der Waals surface area contributed by atoms with Gasteiger partial charge in [-0.15, -0.1) is 0 Å². The van der Waals surface area contributed by atoms with E-state index in [-0.39, 0.29) is 38.3 Å². The van der Waals surface area contributed by atoms with Gasteiger partial charge in [0.05, 0.1) is 39.1 Å². The fraction of sp³-hybridized carbons (Fsp3) is 0.459. The summed E-state index contributed by atoms with van der Waals surface area (Å²) in [5.74, 6) is 0.476. The molecule has 3 heterocycles. The van der Waals surface area contributed by atoms with Gasteiger partial charge in [-0.2, -0.15) is 0 Å². The van der Waals surface area contributed by atoms with Gasteiger partial charge in [-0.1, -0.05) is 58.3 Å². The Labute approximate surface area is 326 Å². The first-order valence-electron chi connectivity index (χ1n) is 17.1. The molecule has 1 aromatic heterocycles. The Bertz CT molecular complexity index is 1920. The number of fused-ring (bicyclic) bond motifs is 2. The number of carbonyl (C=O) groups is 3. The van der Waals surface area contributed by atoms with E-state index in [1.165, 1.54) is 21.1 Å². The zero-order valence-electron chi connectivity index (χ0n) is 30.0. The van der Waals surface area contributed by atoms with E-state index in [9.17, 15) is 19.5 Å². The number of methoxy groups -OCH3 is 1. The third-order valence-electron chi connectivity index (χ3n) is 9.27. The quantitative estimate of drug-likeness (QED) is 0.185. The second-order valence-electron chi connectivity index (χ2n) is 14.4. The highest BCUT2D eigenvalue weighted by Gasteiger charge is 2.51. The number of aryl methyl sites for hydroxylation is 1. The van der Waals surface area contributed by atoms with Crippen LogP contribution in [0.2, 0.25) is 15.1 Å². The minimum atomic E-state index is -1.18. The topological polar surface area (TPSA) is 140 Å². The third-order valence-corrected chi connectivity index (χ3v) is 11.2. The molecule has 2 N–H and O–H groups in total. The van der Waals surface area contributed by atoms with E-state index in [4.69, 9.17) is 53.8 Å². The van der Waals surface area contributed by atoms with Crippen molar-refractivity contribution in [3.63, 3.8) is 0 Å². The van der Waals surface area contributed by atoms with Crippen molar-refractivity contribution in [2.45, 2.75) is 76.6 Å². The average Bonchev–Trinajstić information content (AvgIpc) is 3.65. The number of ether oxygens (including phenoxy) is 4. The van der Waals surface area contributed by atoms with Crippen LogP contribution in [0.3, 0.4) is 0 Å². The number of aromatic nitrogens is 1. The number of benzene rings is 2. The van der Waals surface area contributed by atoms with E-state index in [1.54, 1.807) is 52.3 Å². The zero-order valence-corrected chi connectivity index (χ0v) is 33.0. The highest BCUT2D eigenvalue weighted by atomic mass is 35.5. The molecule has 12 nitrogen and oxygen atoms in total. The molecule has 6 rings (SSSR count). The van der Waals surface area contributed by atoms with Gasteiger partial charge in [0.1, 0.15) is 24.6 Å². The Morgan fingerprint density at radius 2 is 1.77 bits per heavy atom. The second kappa shape index (κ2) is 15.4. The van der Waals surface area contributed by atoms with Crippen molar-refractivity contribution in [2.24, 2.45) is 0 Å². The number of carbonyl (C=O) groups excluding carboxylic acids is 2. The van der Waals surface area contributed by atoms with E-state index in [0.29, 0.717) is 61.5 Å². The SMILES string of the molecule is COc1cccc(CC2(NC(=O)C3=C(c4cnc(OCCOc5c(Cl)cc(C)cc5Cl)s4)CC4CN(C(=O)OC(C)(C)C)C[C@H]3N4C(=O)O)CC2)c1Cl. The molecule has 0 radical (unpaired) electrons. The smallest absolute Gasteiger partial charge is 0.410 e. The Kier molecular flexibility index (Phi) is 11.3. The summed E-state index contributed by atoms with van der Waals surface area (Å²) in [5.41, 5.74) is 1.27. The molecule has 1 saturated heterocycles. The molecule has 2 atom stereocenters. The van der Waals surface area contributed by atoms with Crippen molar-refractivity contribution in [2.75, 3.05) is 33.4 Å². The fourth-order valence-corrected chi connectivity index (χ4v) is 8.61. The maximum absolute atomic E-state index is 14.6. The van der Waals surface area contributed by atoms with Crippen LogP contribution in [0, 0.1) is 6.92 Å². The van der Waals surface area contributed by atoms with E-state index in [0.717, 1.165) is 11.1 Å². The number of nitrogens with one attached hydrogen (secondary N) is 1. The van der Waals surface area contributed by atoms with Crippen LogP contribution in [-0.4, -0.2) is 94.6 Å². The molecule has 3 aliphatic rings. The number of amides is 3. The minimum Gasteiger partial charge on any atom is -0.495 e. The molecular formula is C37H41Cl3N4O8S. The summed E-state index contributed by atoms with van der Waals surface area (Å²) >= 11 is 20.5. The number of hydrogen-bond acceptors (Lipinski definition) is 9. The Balaban J connectivity index is 1.28. The Morgan fingerprint density at radius 1 is 1.08 bits per heavy atom. The maximum atomic E-state index is 14.6. The lowest BCUT2D eigenvalue weighted by Gasteiger charge is -2.49. The van der Waals surface area contributed by atoms with Gasteiger partial charge in [-0.05, 0) is 88.3 Å². The summed E-state index contributed by atoms with van der Waals surface area (Å²) in [4.78, 5) is 48.5. The first-order chi connectivity index (χ1) is 25.1. The van der Waals surface area contributed by atoms with Crippen LogP contribution >= 0.6 is 46.1 Å². The number of rotatable bonds is 11. The Morgan fingerprint density at radius 3 is 2.42 bits per heavy atom. The van der Waals surface area contributed by atoms with Crippen molar-refractivity contribution in [3.05, 3.63) is 73.2 Å². The zero-order chi connectivity index (χ0) is 38.2. The molecule has 2 bridgehead atoms. The molecule has 53 heavy (non-hydrogen) atoms. The number of carboxylic acid groups (broad SMARTS) is 1. The molecule has 3 aromatic rings. The van der Waals surface area contributed by atoms with Crippen molar-refractivity contribution in [1.29, 1.82) is 0 Å². The summed E-state index contributed by atoms with van der Waals surface area (Å²) in [5, 5.41) is 15.3. The van der Waals surface area contributed by atoms with Gasteiger partial charge in [0.25, 0.3) is 5.19 Å². The number of nitrogens with zero attached hydrogens (tertiary/aromatic N) is 3. The largest absolute Gasteiger partial charge is 0.495 e. The lowest BCUT2D eigenvalue weighted by atomic mass is 9.84. The standard InChI is InChI=1S/C37H41Cl3N4O8S/c1-20-13-24(38)31(25(39)14-20)50-11-12-51-33-41-17-28(53-33)23-15-22-18-43(35(48)52-36(2,3)4)19-26(44(22)34(46)47)29(23)32(45)42-37(9-10-37)16-21-7-6-8-27(49-5)30(21)40/h6-8,13-14,17,22,26H,9-12,15-16,18-19H2,1-5H3,(H,42,45)(H,46,47)/t22?,26-/m1/s1. The van der Waals surface area contributed by atoms with Crippen LogP contribution in [0.25, 0.3) is 5.57 Å². The van der Waals surface area contributed by atoms with Gasteiger partial charge < -0.3 is 34.3 Å². The van der Waals surface area contributed by atoms with Gasteiger partial charge >= 0.3 is 12.2 Å². The summed E-state index contributed by atoms with van der Waals surface area (Å²) < 4.78 is 22.8. The van der Waals surface area contributed by atoms with Crippen LogP contribution in [0.5, 0.6) is 16.7 Å². The first-order valence-corrected chi connectivity index (χ1v) is 19.1. The van der Waals surface area contributed by atoms with Gasteiger partial charge in [-0.3, -0.25) is 9.69 Å². The number of hydrogen-bond donors (Lipinski definition) is 2. The predicted molar refractivity (Wildman–Crippen MR) is 203 cm³/mol. The highest BCUT2D eigenvalue weighted by Crippen LogP contribution is 2.45. The van der Waals surface area contributed by atoms with Crippen LogP contribution in [0.1, 0.15) is 56.0 Å². The summed E-state index contributed by atoms with van der Waals surface area (Å²) in [6.07, 6.45) is 1.89. The normalized spacial score (nSPS) is 19.1. The summed E-state index contributed by atoms with van der Waals surface area (Å²) in [7, 11) is 1.55. The molecule has 1 unspecified atom stereocenters. The van der Waals surface area contributed by atoms with Gasteiger partial charge in [0, 0.05) is 30.4 Å². The molecule has 1 saturated carbocycles. The molecule has 0 spiro atoms. The molecule has 2 aromatic carbocycles. The lowest BCUT2D eigenvalue weighted by Crippen LogP contribution is -2.65. The second-order valence-corrected chi connectivity index (χ2v) is 16.6. The predicted octanol–water partition coefficient (Wildman–Crippen LogP) is 7.89. The summed E-state index contributed by atoms with van der Waals surface area (Å²) in [6, 6.07) is 7.42.